The van der Waals surface area contributed by atoms with Gasteiger partial charge in [0.1, 0.15) is 0 Å². The highest BCUT2D eigenvalue weighted by Gasteiger charge is 2.01. The van der Waals surface area contributed by atoms with Crippen LogP contribution < -0.4 is 10.6 Å². The summed E-state index contributed by atoms with van der Waals surface area (Å²) in [5.74, 6) is -0.0383. The van der Waals surface area contributed by atoms with E-state index in [0.29, 0.717) is 6.54 Å². The van der Waals surface area contributed by atoms with E-state index < -0.39 is 0 Å². The maximum Gasteiger partial charge on any atom is 0.238 e. The number of carbonyl (C=O) groups is 1. The van der Waals surface area contributed by atoms with Crippen molar-refractivity contribution in [1.29, 1.82) is 0 Å². The molecule has 1 aromatic heterocycles. The van der Waals surface area contributed by atoms with E-state index in [2.05, 4.69) is 15.7 Å². The van der Waals surface area contributed by atoms with Crippen LogP contribution in [0.5, 0.6) is 0 Å². The minimum Gasteiger partial charge on any atom is -0.325 e. The fourth-order valence-corrected chi connectivity index (χ4v) is 1.56. The molecule has 0 fully saturated rings. The lowest BCUT2D eigenvalue weighted by atomic mass is 10.3. The lowest BCUT2D eigenvalue weighted by Crippen LogP contribution is -2.27. The van der Waals surface area contributed by atoms with Gasteiger partial charge in [-0.3, -0.25) is 4.79 Å². The SMILES string of the molecule is CCNCC(=O)Nc1ccc(-n2cccn2)cc1. The quantitative estimate of drug-likeness (QED) is 0.836. The first kappa shape index (κ1) is 12.3. The van der Waals surface area contributed by atoms with Gasteiger partial charge in [0.2, 0.25) is 5.91 Å². The van der Waals surface area contributed by atoms with Gasteiger partial charge in [-0.25, -0.2) is 4.68 Å². The summed E-state index contributed by atoms with van der Waals surface area (Å²) < 4.78 is 1.77. The molecule has 5 nitrogen and oxygen atoms in total. The van der Waals surface area contributed by atoms with Gasteiger partial charge in [-0.15, -0.1) is 0 Å². The Morgan fingerprint density at radius 2 is 2.11 bits per heavy atom. The summed E-state index contributed by atoms with van der Waals surface area (Å²) in [7, 11) is 0. The van der Waals surface area contributed by atoms with Crippen molar-refractivity contribution in [3.8, 4) is 5.69 Å². The number of nitrogens with zero attached hydrogens (tertiary/aromatic N) is 2. The zero-order valence-corrected chi connectivity index (χ0v) is 10.3. The molecule has 0 aliphatic rings. The van der Waals surface area contributed by atoms with Crippen LogP contribution in [0.4, 0.5) is 5.69 Å². The van der Waals surface area contributed by atoms with Crippen LogP contribution in [0.15, 0.2) is 42.7 Å². The van der Waals surface area contributed by atoms with Gasteiger partial charge < -0.3 is 10.6 Å². The third-order valence-corrected chi connectivity index (χ3v) is 2.46. The third kappa shape index (κ3) is 3.18. The van der Waals surface area contributed by atoms with Crippen LogP contribution in [0.25, 0.3) is 5.69 Å². The van der Waals surface area contributed by atoms with E-state index in [1.807, 2.05) is 43.5 Å². The van der Waals surface area contributed by atoms with E-state index in [4.69, 9.17) is 0 Å². The number of amides is 1. The van der Waals surface area contributed by atoms with E-state index in [0.717, 1.165) is 17.9 Å². The van der Waals surface area contributed by atoms with E-state index in [1.165, 1.54) is 0 Å². The van der Waals surface area contributed by atoms with Gasteiger partial charge in [0.25, 0.3) is 0 Å². The van der Waals surface area contributed by atoms with Crippen LogP contribution >= 0.6 is 0 Å². The molecule has 18 heavy (non-hydrogen) atoms. The van der Waals surface area contributed by atoms with Crippen LogP contribution in [-0.2, 0) is 4.79 Å². The lowest BCUT2D eigenvalue weighted by Gasteiger charge is -2.07. The van der Waals surface area contributed by atoms with Gasteiger partial charge in [0.05, 0.1) is 12.2 Å². The number of hydrogen-bond donors (Lipinski definition) is 2. The normalized spacial score (nSPS) is 10.3. The molecule has 2 N–H and O–H groups in total. The molecule has 0 spiro atoms. The van der Waals surface area contributed by atoms with E-state index in [9.17, 15) is 4.79 Å². The number of aromatic nitrogens is 2. The number of rotatable bonds is 5. The molecular weight excluding hydrogens is 228 g/mol. The lowest BCUT2D eigenvalue weighted by molar-refractivity contribution is -0.115. The predicted octanol–water partition coefficient (Wildman–Crippen LogP) is 1.42. The number of hydrogen-bond acceptors (Lipinski definition) is 3. The smallest absolute Gasteiger partial charge is 0.238 e. The number of carbonyl (C=O) groups excluding carboxylic acids is 1. The molecule has 0 atom stereocenters. The van der Waals surface area contributed by atoms with Gasteiger partial charge in [-0.2, -0.15) is 5.10 Å². The molecule has 0 unspecified atom stereocenters. The molecule has 94 valence electrons. The summed E-state index contributed by atoms with van der Waals surface area (Å²) in [6.45, 7) is 3.08. The molecule has 0 bridgehead atoms. The minimum atomic E-state index is -0.0383. The first-order chi connectivity index (χ1) is 8.79. The molecule has 2 rings (SSSR count). The molecule has 0 aliphatic heterocycles. The first-order valence-electron chi connectivity index (χ1n) is 5.90. The number of nitrogens with one attached hydrogen (secondary N) is 2. The van der Waals surface area contributed by atoms with E-state index >= 15 is 0 Å². The molecule has 0 radical (unpaired) electrons. The molecular formula is C13H16N4O. The van der Waals surface area contributed by atoms with Crippen molar-refractivity contribution >= 4 is 11.6 Å². The van der Waals surface area contributed by atoms with Crippen molar-refractivity contribution in [1.82, 2.24) is 15.1 Å². The van der Waals surface area contributed by atoms with Crippen LogP contribution in [0.1, 0.15) is 6.92 Å². The Balaban J connectivity index is 1.98. The van der Waals surface area contributed by atoms with Crippen molar-refractivity contribution in [2.75, 3.05) is 18.4 Å². The molecule has 1 aromatic carbocycles. The van der Waals surface area contributed by atoms with Gasteiger partial charge in [0, 0.05) is 18.1 Å². The topological polar surface area (TPSA) is 59.0 Å². The number of benzene rings is 1. The largest absolute Gasteiger partial charge is 0.325 e. The maximum atomic E-state index is 11.5. The fourth-order valence-electron chi connectivity index (χ4n) is 1.56. The molecule has 0 saturated carbocycles. The summed E-state index contributed by atoms with van der Waals surface area (Å²) in [5.41, 5.74) is 1.75. The van der Waals surface area contributed by atoms with Gasteiger partial charge in [0.15, 0.2) is 0 Å². The highest BCUT2D eigenvalue weighted by molar-refractivity contribution is 5.92. The Kier molecular flexibility index (Phi) is 4.09. The summed E-state index contributed by atoms with van der Waals surface area (Å²) in [6.07, 6.45) is 3.60. The Labute approximate surface area is 106 Å². The second-order valence-corrected chi connectivity index (χ2v) is 3.83. The van der Waals surface area contributed by atoms with Crippen molar-refractivity contribution in [3.05, 3.63) is 42.7 Å². The summed E-state index contributed by atoms with van der Waals surface area (Å²) in [6, 6.07) is 9.42. The monoisotopic (exact) mass is 244 g/mol. The van der Waals surface area contributed by atoms with Crippen molar-refractivity contribution in [2.24, 2.45) is 0 Å². The van der Waals surface area contributed by atoms with E-state index in [1.54, 1.807) is 10.9 Å². The summed E-state index contributed by atoms with van der Waals surface area (Å²) >= 11 is 0. The van der Waals surface area contributed by atoms with Crippen LogP contribution in [-0.4, -0.2) is 28.8 Å². The van der Waals surface area contributed by atoms with Crippen LogP contribution in [0.2, 0.25) is 0 Å². The van der Waals surface area contributed by atoms with Gasteiger partial charge >= 0.3 is 0 Å². The standard InChI is InChI=1S/C13H16N4O/c1-2-14-10-13(18)16-11-4-6-12(7-5-11)17-9-3-8-15-17/h3-9,14H,2,10H2,1H3,(H,16,18). The summed E-state index contributed by atoms with van der Waals surface area (Å²) in [5, 5.41) is 9.93. The predicted molar refractivity (Wildman–Crippen MR) is 70.7 cm³/mol. The Hall–Kier alpha value is -2.14. The van der Waals surface area contributed by atoms with Crippen molar-refractivity contribution in [3.63, 3.8) is 0 Å². The summed E-state index contributed by atoms with van der Waals surface area (Å²) in [4.78, 5) is 11.5. The van der Waals surface area contributed by atoms with Crippen molar-refractivity contribution in [2.45, 2.75) is 6.92 Å². The average molecular weight is 244 g/mol. The van der Waals surface area contributed by atoms with Crippen molar-refractivity contribution < 1.29 is 4.79 Å². The minimum absolute atomic E-state index is 0.0383. The Morgan fingerprint density at radius 1 is 1.33 bits per heavy atom. The molecule has 0 saturated heterocycles. The highest BCUT2D eigenvalue weighted by atomic mass is 16.1. The number of anilines is 1. The highest BCUT2D eigenvalue weighted by Crippen LogP contribution is 2.12. The molecule has 0 aliphatic carbocycles. The first-order valence-corrected chi connectivity index (χ1v) is 5.90. The third-order valence-electron chi connectivity index (χ3n) is 2.46. The van der Waals surface area contributed by atoms with Gasteiger partial charge in [-0.1, -0.05) is 6.92 Å². The number of likely N-dealkylation sites (N-methyl/N-ethyl adjacent to an activating group) is 1. The average Bonchev–Trinajstić information content (AvgIpc) is 2.91. The zero-order chi connectivity index (χ0) is 12.8. The maximum absolute atomic E-state index is 11.5. The van der Waals surface area contributed by atoms with Gasteiger partial charge in [-0.05, 0) is 36.9 Å². The molecule has 1 amide bonds. The van der Waals surface area contributed by atoms with Crippen LogP contribution in [0.3, 0.4) is 0 Å². The second-order valence-electron chi connectivity index (χ2n) is 3.83. The zero-order valence-electron chi connectivity index (χ0n) is 10.3. The molecule has 1 heterocycles. The fraction of sp³-hybridized carbons (Fsp3) is 0.231. The van der Waals surface area contributed by atoms with Crippen LogP contribution in [0, 0.1) is 0 Å². The van der Waals surface area contributed by atoms with E-state index in [-0.39, 0.29) is 5.91 Å². The Morgan fingerprint density at radius 3 is 2.72 bits per heavy atom. The molecule has 5 heteroatoms. The Bertz CT molecular complexity index is 490. The molecule has 2 aromatic rings. The second kappa shape index (κ2) is 5.97.